The summed E-state index contributed by atoms with van der Waals surface area (Å²) in [4.78, 5) is 11.5. The van der Waals surface area contributed by atoms with Gasteiger partial charge in [0.25, 0.3) is 22.5 Å². The number of hydrogen-bond donors (Lipinski definition) is 1. The van der Waals surface area contributed by atoms with E-state index < -0.39 is 0 Å². The first-order valence-corrected chi connectivity index (χ1v) is 7.19. The van der Waals surface area contributed by atoms with Gasteiger partial charge in [0.05, 0.1) is 0 Å². The number of para-hydroxylation sites is 3. The van der Waals surface area contributed by atoms with Crippen LogP contribution in [0.25, 0.3) is 22.1 Å². The predicted molar refractivity (Wildman–Crippen MR) is 83.6 cm³/mol. The third-order valence-electron chi connectivity index (χ3n) is 3.45. The highest BCUT2D eigenvalue weighted by molar-refractivity contribution is 5.82. The van der Waals surface area contributed by atoms with Gasteiger partial charge in [0.2, 0.25) is 0 Å². The fourth-order valence-electron chi connectivity index (χ4n) is 2.44. The molecular weight excluding hydrogens is 298 g/mol. The third kappa shape index (κ3) is 2.57. The van der Waals surface area contributed by atoms with Crippen molar-refractivity contribution in [1.29, 1.82) is 0 Å². The number of amides is 1. The number of ether oxygens (including phenoxy) is 1. The smallest absolute Gasteiger partial charge is 0.332 e. The first kappa shape index (κ1) is 14.8. The van der Waals surface area contributed by atoms with Crippen molar-refractivity contribution in [2.24, 2.45) is 0 Å². The normalized spacial score (nSPS) is 10.8. The van der Waals surface area contributed by atoms with Gasteiger partial charge in [-0.2, -0.15) is 9.46 Å². The number of aromatic nitrogens is 2. The third-order valence-corrected chi connectivity index (χ3v) is 3.45. The van der Waals surface area contributed by atoms with Gasteiger partial charge < -0.3 is 20.5 Å². The van der Waals surface area contributed by atoms with Crippen LogP contribution in [-0.2, 0) is 4.79 Å². The predicted octanol–water partition coefficient (Wildman–Crippen LogP) is 0.775. The molecule has 0 spiro atoms. The maximum atomic E-state index is 12.6. The topological polar surface area (TPSA) is 92.2 Å². The van der Waals surface area contributed by atoms with Crippen molar-refractivity contribution >= 4 is 28.0 Å². The van der Waals surface area contributed by atoms with Crippen molar-refractivity contribution in [2.75, 3.05) is 13.2 Å². The number of hydrogen-bond acceptors (Lipinski definition) is 4. The SMILES string of the molecule is CCNC(=O)COc1cccc2c1[n+]([O-])c1ccccc1[n+]2[O-]. The van der Waals surface area contributed by atoms with Crippen molar-refractivity contribution in [3.8, 4) is 5.75 Å². The lowest BCUT2D eigenvalue weighted by Crippen LogP contribution is -2.39. The zero-order valence-corrected chi connectivity index (χ0v) is 12.5. The molecule has 0 saturated heterocycles. The fourth-order valence-corrected chi connectivity index (χ4v) is 2.44. The molecule has 0 radical (unpaired) electrons. The van der Waals surface area contributed by atoms with Gasteiger partial charge in [0.15, 0.2) is 12.4 Å². The maximum absolute atomic E-state index is 12.6. The molecule has 7 heteroatoms. The number of likely N-dealkylation sites (N-methyl/N-ethyl adjacent to an activating group) is 1. The van der Waals surface area contributed by atoms with Crippen LogP contribution in [0.1, 0.15) is 6.92 Å². The zero-order chi connectivity index (χ0) is 16.4. The van der Waals surface area contributed by atoms with Crippen LogP contribution in [0.2, 0.25) is 0 Å². The summed E-state index contributed by atoms with van der Waals surface area (Å²) in [5.41, 5.74) is 0.803. The Labute approximate surface area is 131 Å². The van der Waals surface area contributed by atoms with E-state index in [0.29, 0.717) is 16.0 Å². The highest BCUT2D eigenvalue weighted by Crippen LogP contribution is 2.22. The minimum Gasteiger partial charge on any atom is -0.617 e. The molecule has 1 amide bonds. The molecule has 1 N–H and O–H groups in total. The molecule has 0 aliphatic heterocycles. The lowest BCUT2D eigenvalue weighted by molar-refractivity contribution is -0.591. The Morgan fingerprint density at radius 3 is 2.39 bits per heavy atom. The largest absolute Gasteiger partial charge is 0.617 e. The van der Waals surface area contributed by atoms with Crippen LogP contribution in [0.15, 0.2) is 42.5 Å². The Kier molecular flexibility index (Phi) is 3.84. The summed E-state index contributed by atoms with van der Waals surface area (Å²) in [6.45, 7) is 2.07. The molecule has 1 heterocycles. The van der Waals surface area contributed by atoms with E-state index in [9.17, 15) is 15.2 Å². The van der Waals surface area contributed by atoms with Crippen LogP contribution in [-0.4, -0.2) is 19.1 Å². The Balaban J connectivity index is 2.15. The summed E-state index contributed by atoms with van der Waals surface area (Å²) in [6, 6.07) is 11.2. The molecule has 0 unspecified atom stereocenters. The highest BCUT2D eigenvalue weighted by Gasteiger charge is 2.24. The van der Waals surface area contributed by atoms with Crippen LogP contribution < -0.4 is 19.5 Å². The number of nitrogens with one attached hydrogen (secondary N) is 1. The number of rotatable bonds is 4. The molecule has 0 aliphatic carbocycles. The second-order valence-electron chi connectivity index (χ2n) is 4.94. The van der Waals surface area contributed by atoms with Crippen LogP contribution in [0.4, 0.5) is 0 Å². The molecule has 0 saturated carbocycles. The summed E-state index contributed by atoms with van der Waals surface area (Å²) in [5, 5.41) is 27.7. The first-order valence-electron chi connectivity index (χ1n) is 7.19. The monoisotopic (exact) mass is 313 g/mol. The minimum absolute atomic E-state index is 0.102. The van der Waals surface area contributed by atoms with Crippen LogP contribution in [0, 0.1) is 10.4 Å². The van der Waals surface area contributed by atoms with Crippen LogP contribution in [0.5, 0.6) is 5.75 Å². The van der Waals surface area contributed by atoms with E-state index in [1.807, 2.05) is 0 Å². The van der Waals surface area contributed by atoms with Gasteiger partial charge >= 0.3 is 5.52 Å². The van der Waals surface area contributed by atoms with E-state index in [2.05, 4.69) is 5.32 Å². The summed E-state index contributed by atoms with van der Waals surface area (Å²) >= 11 is 0. The van der Waals surface area contributed by atoms with Crippen LogP contribution >= 0.6 is 0 Å². The lowest BCUT2D eigenvalue weighted by atomic mass is 10.2. The number of carbonyl (C=O) groups is 1. The van der Waals surface area contributed by atoms with Crippen molar-refractivity contribution in [3.63, 3.8) is 0 Å². The van der Waals surface area contributed by atoms with Gasteiger partial charge in [-0.3, -0.25) is 4.79 Å². The quantitative estimate of drug-likeness (QED) is 0.437. The Hall–Kier alpha value is -3.09. The Morgan fingerprint density at radius 2 is 1.70 bits per heavy atom. The minimum atomic E-state index is -0.294. The summed E-state index contributed by atoms with van der Waals surface area (Å²) in [7, 11) is 0. The standard InChI is InChI=1S/C16H15N3O4/c1-2-17-15(20)10-23-14-9-5-8-13-16(14)19(22)12-7-4-3-6-11(12)18(13)21/h3-9H,2,10H2,1H3,(H,17,20). The second-order valence-corrected chi connectivity index (χ2v) is 4.94. The van der Waals surface area contributed by atoms with E-state index in [1.54, 1.807) is 49.4 Å². The molecular formula is C16H15N3O4. The molecule has 1 aromatic heterocycles. The van der Waals surface area contributed by atoms with Crippen molar-refractivity contribution in [1.82, 2.24) is 5.32 Å². The molecule has 0 bridgehead atoms. The van der Waals surface area contributed by atoms with Gasteiger partial charge in [-0.25, -0.2) is 0 Å². The molecule has 23 heavy (non-hydrogen) atoms. The number of benzene rings is 2. The summed E-state index contributed by atoms with van der Waals surface area (Å²) in [5.74, 6) is -0.100. The van der Waals surface area contributed by atoms with Gasteiger partial charge in [-0.1, -0.05) is 18.2 Å². The zero-order valence-electron chi connectivity index (χ0n) is 12.5. The summed E-state index contributed by atoms with van der Waals surface area (Å²) in [6.07, 6.45) is 0. The average molecular weight is 313 g/mol. The number of nitrogens with zero attached hydrogens (tertiary/aromatic N) is 2. The van der Waals surface area contributed by atoms with Crippen LogP contribution in [0.3, 0.4) is 0 Å². The van der Waals surface area contributed by atoms with E-state index in [4.69, 9.17) is 4.74 Å². The van der Waals surface area contributed by atoms with E-state index in [1.165, 1.54) is 0 Å². The maximum Gasteiger partial charge on any atom is 0.332 e. The molecule has 0 atom stereocenters. The molecule has 0 fully saturated rings. The molecule has 2 aromatic carbocycles. The fraction of sp³-hybridized carbons (Fsp3) is 0.188. The second kappa shape index (κ2) is 5.96. The lowest BCUT2D eigenvalue weighted by Gasteiger charge is -2.11. The van der Waals surface area contributed by atoms with Gasteiger partial charge in [-0.05, 0) is 13.0 Å². The van der Waals surface area contributed by atoms with E-state index in [0.717, 1.165) is 0 Å². The molecule has 3 aromatic rings. The Bertz CT molecular complexity index is 895. The first-order chi connectivity index (χ1) is 11.1. The molecule has 7 nitrogen and oxygen atoms in total. The van der Waals surface area contributed by atoms with Crippen molar-refractivity contribution < 1.29 is 19.0 Å². The van der Waals surface area contributed by atoms with Crippen molar-refractivity contribution in [3.05, 3.63) is 52.9 Å². The van der Waals surface area contributed by atoms with Crippen molar-refractivity contribution in [2.45, 2.75) is 6.92 Å². The number of fused-ring (bicyclic) bond motifs is 2. The van der Waals surface area contributed by atoms with E-state index >= 15 is 0 Å². The van der Waals surface area contributed by atoms with Gasteiger partial charge in [0, 0.05) is 24.7 Å². The highest BCUT2D eigenvalue weighted by atomic mass is 16.5. The molecule has 3 rings (SSSR count). The number of carbonyl (C=O) groups excluding carboxylic acids is 1. The molecule has 0 aliphatic rings. The summed E-state index contributed by atoms with van der Waals surface area (Å²) < 4.78 is 6.78. The molecule has 118 valence electrons. The van der Waals surface area contributed by atoms with Gasteiger partial charge in [-0.15, -0.1) is 0 Å². The van der Waals surface area contributed by atoms with Gasteiger partial charge in [0.1, 0.15) is 0 Å². The average Bonchev–Trinajstić information content (AvgIpc) is 2.58. The Morgan fingerprint density at radius 1 is 1.04 bits per heavy atom. The van der Waals surface area contributed by atoms with E-state index in [-0.39, 0.29) is 40.3 Å².